The Kier molecular flexibility index (Phi) is 4.04. The quantitative estimate of drug-likeness (QED) is 0.877. The van der Waals surface area contributed by atoms with Crippen LogP contribution in [0.3, 0.4) is 0 Å². The molecule has 1 saturated carbocycles. The second-order valence-corrected chi connectivity index (χ2v) is 5.73. The molecule has 0 atom stereocenters. The molecule has 0 bridgehead atoms. The van der Waals surface area contributed by atoms with Crippen molar-refractivity contribution in [3.63, 3.8) is 0 Å². The first-order chi connectivity index (χ1) is 8.63. The topological polar surface area (TPSA) is 35.8 Å². The predicted molar refractivity (Wildman–Crippen MR) is 74.2 cm³/mol. The Morgan fingerprint density at radius 3 is 2.61 bits per heavy atom. The Labute approximate surface area is 110 Å². The van der Waals surface area contributed by atoms with Gasteiger partial charge in [-0.1, -0.05) is 25.3 Å². The lowest BCUT2D eigenvalue weighted by Gasteiger charge is -2.35. The average Bonchev–Trinajstić information content (AvgIpc) is 2.38. The van der Waals surface area contributed by atoms with Crippen molar-refractivity contribution in [3.8, 4) is 6.07 Å². The number of hydrogen-bond acceptors (Lipinski definition) is 2. The molecule has 1 aliphatic rings. The molecule has 2 nitrogen and oxygen atoms in total. The van der Waals surface area contributed by atoms with Gasteiger partial charge in [0.05, 0.1) is 11.6 Å². The maximum atomic E-state index is 8.86. The Morgan fingerprint density at radius 2 is 2.00 bits per heavy atom. The van der Waals surface area contributed by atoms with Crippen LogP contribution in [-0.2, 0) is 6.54 Å². The highest BCUT2D eigenvalue weighted by Crippen LogP contribution is 2.28. The Bertz CT molecular complexity index is 451. The summed E-state index contributed by atoms with van der Waals surface area (Å²) in [6.07, 6.45) is 6.63. The molecule has 0 aliphatic heterocycles. The first-order valence-electron chi connectivity index (χ1n) is 6.88. The fourth-order valence-electron chi connectivity index (χ4n) is 2.78. The molecule has 0 radical (unpaired) electrons. The van der Waals surface area contributed by atoms with Gasteiger partial charge in [0.2, 0.25) is 0 Å². The number of nitriles is 1. The van der Waals surface area contributed by atoms with E-state index in [0.717, 1.165) is 12.1 Å². The molecule has 2 heteroatoms. The predicted octanol–water partition coefficient (Wildman–Crippen LogP) is 3.68. The van der Waals surface area contributed by atoms with E-state index >= 15 is 0 Å². The molecule has 0 unspecified atom stereocenters. The molecule has 1 aromatic rings. The minimum atomic E-state index is 0.304. The Balaban J connectivity index is 2.00. The SMILES string of the molecule is Cc1cc(C#N)ccc1CNC1(C)CCCCC1. The van der Waals surface area contributed by atoms with E-state index in [1.807, 2.05) is 12.1 Å². The number of benzene rings is 1. The number of rotatable bonds is 3. The van der Waals surface area contributed by atoms with Crippen molar-refractivity contribution in [2.45, 2.75) is 58.0 Å². The number of nitrogens with one attached hydrogen (secondary N) is 1. The fourth-order valence-corrected chi connectivity index (χ4v) is 2.78. The maximum absolute atomic E-state index is 8.86. The van der Waals surface area contributed by atoms with Crippen molar-refractivity contribution in [3.05, 3.63) is 34.9 Å². The van der Waals surface area contributed by atoms with Gasteiger partial charge in [0.25, 0.3) is 0 Å². The first kappa shape index (κ1) is 13.1. The normalized spacial score (nSPS) is 18.3. The van der Waals surface area contributed by atoms with Crippen LogP contribution in [-0.4, -0.2) is 5.54 Å². The van der Waals surface area contributed by atoms with Crippen molar-refractivity contribution < 1.29 is 0 Å². The summed E-state index contributed by atoms with van der Waals surface area (Å²) in [5.74, 6) is 0. The second kappa shape index (κ2) is 5.54. The van der Waals surface area contributed by atoms with Crippen LogP contribution in [0.25, 0.3) is 0 Å². The van der Waals surface area contributed by atoms with Gasteiger partial charge in [0.1, 0.15) is 0 Å². The van der Waals surface area contributed by atoms with E-state index in [2.05, 4.69) is 31.3 Å². The van der Waals surface area contributed by atoms with Crippen molar-refractivity contribution in [2.24, 2.45) is 0 Å². The van der Waals surface area contributed by atoms with Gasteiger partial charge in [-0.05, 0) is 49.9 Å². The summed E-state index contributed by atoms with van der Waals surface area (Å²) in [5.41, 5.74) is 3.57. The molecule has 0 aromatic heterocycles. The summed E-state index contributed by atoms with van der Waals surface area (Å²) in [6.45, 7) is 5.33. The molecular weight excluding hydrogens is 220 g/mol. The van der Waals surface area contributed by atoms with Crippen LogP contribution in [0, 0.1) is 18.3 Å². The van der Waals surface area contributed by atoms with Gasteiger partial charge in [0, 0.05) is 12.1 Å². The minimum absolute atomic E-state index is 0.304. The summed E-state index contributed by atoms with van der Waals surface area (Å²) in [4.78, 5) is 0. The highest BCUT2D eigenvalue weighted by molar-refractivity contribution is 5.37. The van der Waals surface area contributed by atoms with E-state index in [0.29, 0.717) is 5.54 Å². The zero-order valence-corrected chi connectivity index (χ0v) is 11.4. The third kappa shape index (κ3) is 3.11. The van der Waals surface area contributed by atoms with E-state index in [9.17, 15) is 0 Å². The van der Waals surface area contributed by atoms with E-state index in [1.165, 1.54) is 43.2 Å². The number of hydrogen-bond donors (Lipinski definition) is 1. The molecule has 96 valence electrons. The van der Waals surface area contributed by atoms with E-state index in [1.54, 1.807) is 0 Å². The molecule has 0 spiro atoms. The smallest absolute Gasteiger partial charge is 0.0991 e. The molecule has 1 N–H and O–H groups in total. The molecule has 0 amide bonds. The molecule has 1 fully saturated rings. The molecule has 2 rings (SSSR count). The molecule has 0 heterocycles. The van der Waals surface area contributed by atoms with E-state index < -0.39 is 0 Å². The number of aryl methyl sites for hydroxylation is 1. The lowest BCUT2D eigenvalue weighted by atomic mass is 9.83. The standard InChI is InChI=1S/C16H22N2/c1-13-10-14(11-17)6-7-15(13)12-18-16(2)8-4-3-5-9-16/h6-7,10,18H,3-5,8-9,12H2,1-2H3. The maximum Gasteiger partial charge on any atom is 0.0991 e. The van der Waals surface area contributed by atoms with Crippen LogP contribution in [0.5, 0.6) is 0 Å². The summed E-state index contributed by atoms with van der Waals surface area (Å²) >= 11 is 0. The third-order valence-corrected chi connectivity index (χ3v) is 4.13. The van der Waals surface area contributed by atoms with Crippen LogP contribution < -0.4 is 5.32 Å². The zero-order valence-electron chi connectivity index (χ0n) is 11.4. The highest BCUT2D eigenvalue weighted by atomic mass is 15.0. The fraction of sp³-hybridized carbons (Fsp3) is 0.562. The Hall–Kier alpha value is -1.33. The van der Waals surface area contributed by atoms with Gasteiger partial charge in [-0.15, -0.1) is 0 Å². The minimum Gasteiger partial charge on any atom is -0.307 e. The summed E-state index contributed by atoms with van der Waals surface area (Å²) in [7, 11) is 0. The molecular formula is C16H22N2. The highest BCUT2D eigenvalue weighted by Gasteiger charge is 2.25. The van der Waals surface area contributed by atoms with Gasteiger partial charge in [-0.25, -0.2) is 0 Å². The number of nitrogens with zero attached hydrogens (tertiary/aromatic N) is 1. The van der Waals surface area contributed by atoms with Crippen molar-refractivity contribution in [1.29, 1.82) is 5.26 Å². The lowest BCUT2D eigenvalue weighted by Crippen LogP contribution is -2.43. The van der Waals surface area contributed by atoms with Crippen LogP contribution in [0.2, 0.25) is 0 Å². The molecule has 0 saturated heterocycles. The zero-order chi connectivity index (χ0) is 13.0. The first-order valence-corrected chi connectivity index (χ1v) is 6.88. The van der Waals surface area contributed by atoms with Gasteiger partial charge in [0.15, 0.2) is 0 Å². The van der Waals surface area contributed by atoms with Crippen molar-refractivity contribution >= 4 is 0 Å². The van der Waals surface area contributed by atoms with E-state index in [4.69, 9.17) is 5.26 Å². The molecule has 1 aliphatic carbocycles. The van der Waals surface area contributed by atoms with Crippen LogP contribution >= 0.6 is 0 Å². The summed E-state index contributed by atoms with van der Waals surface area (Å²) < 4.78 is 0. The van der Waals surface area contributed by atoms with Gasteiger partial charge < -0.3 is 5.32 Å². The van der Waals surface area contributed by atoms with Crippen molar-refractivity contribution in [1.82, 2.24) is 5.32 Å². The summed E-state index contributed by atoms with van der Waals surface area (Å²) in [5, 5.41) is 12.6. The van der Waals surface area contributed by atoms with Crippen LogP contribution in [0.15, 0.2) is 18.2 Å². The van der Waals surface area contributed by atoms with Crippen LogP contribution in [0.1, 0.15) is 55.7 Å². The van der Waals surface area contributed by atoms with Gasteiger partial charge in [-0.3, -0.25) is 0 Å². The van der Waals surface area contributed by atoms with Crippen LogP contribution in [0.4, 0.5) is 0 Å². The molecule has 1 aromatic carbocycles. The lowest BCUT2D eigenvalue weighted by molar-refractivity contribution is 0.252. The second-order valence-electron chi connectivity index (χ2n) is 5.73. The molecule has 18 heavy (non-hydrogen) atoms. The summed E-state index contributed by atoms with van der Waals surface area (Å²) in [6, 6.07) is 8.15. The Morgan fingerprint density at radius 1 is 1.28 bits per heavy atom. The average molecular weight is 242 g/mol. The van der Waals surface area contributed by atoms with E-state index in [-0.39, 0.29) is 0 Å². The third-order valence-electron chi connectivity index (χ3n) is 4.13. The van der Waals surface area contributed by atoms with Gasteiger partial charge in [-0.2, -0.15) is 5.26 Å². The monoisotopic (exact) mass is 242 g/mol. The largest absolute Gasteiger partial charge is 0.307 e. The van der Waals surface area contributed by atoms with Crippen molar-refractivity contribution in [2.75, 3.05) is 0 Å². The van der Waals surface area contributed by atoms with Gasteiger partial charge >= 0.3 is 0 Å².